The highest BCUT2D eigenvalue weighted by Gasteiger charge is 2.21. The minimum absolute atomic E-state index is 0.285. The van der Waals surface area contributed by atoms with Gasteiger partial charge in [-0.15, -0.1) is 0 Å². The number of benzene rings is 1. The maximum absolute atomic E-state index is 9.25. The van der Waals surface area contributed by atoms with Gasteiger partial charge in [0, 0.05) is 43.2 Å². The molecule has 0 bridgehead atoms. The van der Waals surface area contributed by atoms with Gasteiger partial charge in [0.1, 0.15) is 0 Å². The first-order valence-electron chi connectivity index (χ1n) is 8.04. The van der Waals surface area contributed by atoms with Gasteiger partial charge >= 0.3 is 0 Å². The van der Waals surface area contributed by atoms with E-state index in [0.29, 0.717) is 5.92 Å². The van der Waals surface area contributed by atoms with E-state index in [1.165, 1.54) is 0 Å². The van der Waals surface area contributed by atoms with Crippen molar-refractivity contribution in [1.29, 1.82) is 0 Å². The van der Waals surface area contributed by atoms with Gasteiger partial charge in [-0.2, -0.15) is 5.10 Å². The van der Waals surface area contributed by atoms with Crippen LogP contribution < -0.4 is 0 Å². The van der Waals surface area contributed by atoms with Crippen LogP contribution in [0.5, 0.6) is 0 Å². The summed E-state index contributed by atoms with van der Waals surface area (Å²) in [6.45, 7) is 3.15. The Morgan fingerprint density at radius 1 is 1.17 bits per heavy atom. The minimum Gasteiger partial charge on any atom is -0.396 e. The molecule has 1 N–H and O–H groups in total. The molecule has 5 nitrogen and oxygen atoms in total. The molecule has 5 heteroatoms. The Balaban J connectivity index is 1.58. The van der Waals surface area contributed by atoms with E-state index in [-0.39, 0.29) is 6.61 Å². The molecular formula is C18H20N4O. The summed E-state index contributed by atoms with van der Waals surface area (Å²) in [7, 11) is 0. The summed E-state index contributed by atoms with van der Waals surface area (Å²) in [6.07, 6.45) is 6.95. The van der Waals surface area contributed by atoms with Crippen LogP contribution >= 0.6 is 0 Å². The Kier molecular flexibility index (Phi) is 3.81. The van der Waals surface area contributed by atoms with Crippen molar-refractivity contribution in [1.82, 2.24) is 19.5 Å². The van der Waals surface area contributed by atoms with E-state index < -0.39 is 0 Å². The number of rotatable bonds is 4. The molecule has 0 amide bonds. The quantitative estimate of drug-likeness (QED) is 0.803. The highest BCUT2D eigenvalue weighted by Crippen LogP contribution is 2.23. The highest BCUT2D eigenvalue weighted by atomic mass is 16.3. The van der Waals surface area contributed by atoms with E-state index in [2.05, 4.69) is 33.3 Å². The number of aliphatic hydroxyl groups excluding tert-OH is 1. The lowest BCUT2D eigenvalue weighted by Gasteiger charge is -2.15. The molecule has 1 aliphatic heterocycles. The van der Waals surface area contributed by atoms with E-state index in [1.54, 1.807) is 0 Å². The largest absolute Gasteiger partial charge is 0.396 e. The molecule has 23 heavy (non-hydrogen) atoms. The third kappa shape index (κ3) is 2.85. The van der Waals surface area contributed by atoms with E-state index in [4.69, 9.17) is 0 Å². The zero-order chi connectivity index (χ0) is 15.6. The van der Waals surface area contributed by atoms with E-state index in [0.717, 1.165) is 48.4 Å². The van der Waals surface area contributed by atoms with Gasteiger partial charge in [0.05, 0.1) is 6.20 Å². The highest BCUT2D eigenvalue weighted by molar-refractivity contribution is 5.76. The first-order valence-corrected chi connectivity index (χ1v) is 8.04. The fraction of sp³-hybridized carbons (Fsp3) is 0.333. The van der Waals surface area contributed by atoms with Crippen LogP contribution in [-0.4, -0.2) is 44.3 Å². The van der Waals surface area contributed by atoms with Crippen molar-refractivity contribution < 1.29 is 5.11 Å². The van der Waals surface area contributed by atoms with Crippen LogP contribution in [0.2, 0.25) is 0 Å². The molecule has 0 unspecified atom stereocenters. The summed E-state index contributed by atoms with van der Waals surface area (Å²) < 4.78 is 1.86. The van der Waals surface area contributed by atoms with Gasteiger partial charge in [0.2, 0.25) is 0 Å². The second-order valence-corrected chi connectivity index (χ2v) is 6.23. The van der Waals surface area contributed by atoms with Crippen molar-refractivity contribution in [2.75, 3.05) is 19.7 Å². The molecule has 1 fully saturated rings. The number of nitrogens with zero attached hydrogens (tertiary/aromatic N) is 4. The van der Waals surface area contributed by atoms with Crippen LogP contribution in [0, 0.1) is 5.92 Å². The zero-order valence-corrected chi connectivity index (χ0v) is 13.0. The van der Waals surface area contributed by atoms with Crippen molar-refractivity contribution in [2.24, 2.45) is 5.92 Å². The standard InChI is InChI=1S/C18H20N4O/c23-13-14-6-7-21(10-14)11-15-8-19-18-17(9-20-22(18)12-15)16-4-2-1-3-5-16/h1-5,8-9,12,14,23H,6-7,10-11,13H2/t14-/m1/s1. The number of aliphatic hydroxyl groups is 1. The van der Waals surface area contributed by atoms with E-state index >= 15 is 0 Å². The van der Waals surface area contributed by atoms with Crippen molar-refractivity contribution >= 4 is 5.65 Å². The fourth-order valence-electron chi connectivity index (χ4n) is 3.28. The Labute approximate surface area is 135 Å². The van der Waals surface area contributed by atoms with Crippen molar-refractivity contribution in [3.05, 3.63) is 54.5 Å². The maximum Gasteiger partial charge on any atom is 0.162 e. The molecule has 4 rings (SSSR count). The van der Waals surface area contributed by atoms with Gasteiger partial charge in [-0.1, -0.05) is 30.3 Å². The molecule has 2 aromatic heterocycles. The van der Waals surface area contributed by atoms with Crippen LogP contribution in [0.25, 0.3) is 16.8 Å². The predicted octanol–water partition coefficient (Wildman–Crippen LogP) is 2.21. The SMILES string of the molecule is OC[C@@H]1CCN(Cc2cnc3c(-c4ccccc4)cnn3c2)C1. The van der Waals surface area contributed by atoms with Gasteiger partial charge in [0.25, 0.3) is 0 Å². The molecule has 1 saturated heterocycles. The van der Waals surface area contributed by atoms with Gasteiger partial charge in [-0.3, -0.25) is 4.90 Å². The van der Waals surface area contributed by atoms with Gasteiger partial charge in [0.15, 0.2) is 5.65 Å². The number of likely N-dealkylation sites (tertiary alicyclic amines) is 1. The first-order chi connectivity index (χ1) is 11.3. The Hall–Kier alpha value is -2.24. The molecule has 1 atom stereocenters. The summed E-state index contributed by atoms with van der Waals surface area (Å²) in [4.78, 5) is 6.99. The lowest BCUT2D eigenvalue weighted by molar-refractivity contribution is 0.220. The topological polar surface area (TPSA) is 53.7 Å². The van der Waals surface area contributed by atoms with Gasteiger partial charge in [-0.05, 0) is 24.4 Å². The summed E-state index contributed by atoms with van der Waals surface area (Å²) in [5.74, 6) is 0.418. The summed E-state index contributed by atoms with van der Waals surface area (Å²) >= 11 is 0. The van der Waals surface area contributed by atoms with Crippen LogP contribution in [0.4, 0.5) is 0 Å². The van der Waals surface area contributed by atoms with Crippen molar-refractivity contribution in [3.8, 4) is 11.1 Å². The monoisotopic (exact) mass is 308 g/mol. The Bertz CT molecular complexity index is 799. The third-order valence-corrected chi connectivity index (χ3v) is 4.53. The minimum atomic E-state index is 0.285. The molecule has 118 valence electrons. The summed E-state index contributed by atoms with van der Waals surface area (Å²) in [5, 5.41) is 13.7. The average molecular weight is 308 g/mol. The normalized spacial score (nSPS) is 18.7. The predicted molar refractivity (Wildman–Crippen MR) is 88.9 cm³/mol. The second-order valence-electron chi connectivity index (χ2n) is 6.23. The molecule has 1 aromatic carbocycles. The van der Waals surface area contributed by atoms with Gasteiger partial charge in [-0.25, -0.2) is 9.50 Å². The number of hydrogen-bond acceptors (Lipinski definition) is 4. The van der Waals surface area contributed by atoms with Crippen LogP contribution in [0.1, 0.15) is 12.0 Å². The fourth-order valence-corrected chi connectivity index (χ4v) is 3.28. The molecule has 1 aliphatic rings. The molecule has 0 radical (unpaired) electrons. The summed E-state index contributed by atoms with van der Waals surface area (Å²) in [6, 6.07) is 10.2. The van der Waals surface area contributed by atoms with E-state index in [1.807, 2.05) is 35.1 Å². The average Bonchev–Trinajstić information content (AvgIpc) is 3.22. The summed E-state index contributed by atoms with van der Waals surface area (Å²) in [5.41, 5.74) is 4.22. The Morgan fingerprint density at radius 2 is 2.04 bits per heavy atom. The maximum atomic E-state index is 9.25. The second kappa shape index (κ2) is 6.10. The third-order valence-electron chi connectivity index (χ3n) is 4.53. The zero-order valence-electron chi connectivity index (χ0n) is 13.0. The lowest BCUT2D eigenvalue weighted by atomic mass is 10.1. The van der Waals surface area contributed by atoms with Crippen molar-refractivity contribution in [3.63, 3.8) is 0 Å². The van der Waals surface area contributed by atoms with Crippen LogP contribution in [0.15, 0.2) is 48.9 Å². The smallest absolute Gasteiger partial charge is 0.162 e. The van der Waals surface area contributed by atoms with E-state index in [9.17, 15) is 5.11 Å². The van der Waals surface area contributed by atoms with Gasteiger partial charge < -0.3 is 5.11 Å². The lowest BCUT2D eigenvalue weighted by Crippen LogP contribution is -2.21. The Morgan fingerprint density at radius 3 is 2.83 bits per heavy atom. The first kappa shape index (κ1) is 14.4. The molecule has 3 heterocycles. The molecule has 3 aromatic rings. The number of hydrogen-bond donors (Lipinski definition) is 1. The molecule has 0 aliphatic carbocycles. The molecular weight excluding hydrogens is 288 g/mol. The number of fused-ring (bicyclic) bond motifs is 1. The molecule has 0 saturated carbocycles. The van der Waals surface area contributed by atoms with Crippen LogP contribution in [0.3, 0.4) is 0 Å². The molecule has 0 spiro atoms. The number of aromatic nitrogens is 3. The van der Waals surface area contributed by atoms with Crippen molar-refractivity contribution in [2.45, 2.75) is 13.0 Å². The van der Waals surface area contributed by atoms with Crippen LogP contribution in [-0.2, 0) is 6.54 Å².